The number of carbonyl (C=O) groups is 1. The highest BCUT2D eigenvalue weighted by molar-refractivity contribution is 8.14. The largest absolute Gasteiger partial charge is 0.394 e. The van der Waals surface area contributed by atoms with E-state index in [0.717, 1.165) is 26.4 Å². The number of nitrogens with zero attached hydrogens (tertiary/aromatic N) is 2. The fourth-order valence-corrected chi connectivity index (χ4v) is 3.71. The van der Waals surface area contributed by atoms with Gasteiger partial charge in [0.25, 0.3) is 0 Å². The zero-order valence-electron chi connectivity index (χ0n) is 11.2. The molecule has 0 bridgehead atoms. The lowest BCUT2D eigenvalue weighted by atomic mass is 9.91. The summed E-state index contributed by atoms with van der Waals surface area (Å²) in [5.41, 5.74) is -0.772. The van der Waals surface area contributed by atoms with Crippen LogP contribution >= 0.6 is 11.8 Å². The molecule has 2 saturated heterocycles. The van der Waals surface area contributed by atoms with E-state index >= 15 is 0 Å². The number of likely N-dealkylation sites (tertiary alicyclic amines) is 1. The molecule has 5 nitrogen and oxygen atoms in total. The molecule has 5 atom stereocenters. The van der Waals surface area contributed by atoms with Crippen molar-refractivity contribution in [2.24, 2.45) is 10.9 Å². The predicted molar refractivity (Wildman–Crippen MR) is 69.9 cm³/mol. The molecule has 21 heavy (non-hydrogen) atoms. The fraction of sp³-hybridized carbons (Fsp3) is 0.833. The first kappa shape index (κ1) is 15.1. The predicted octanol–water partition coefficient (Wildman–Crippen LogP) is 1.02. The molecule has 3 aliphatic heterocycles. The number of ketones is 1. The third-order valence-corrected chi connectivity index (χ3v) is 5.23. The Kier molecular flexibility index (Phi) is 3.69. The van der Waals surface area contributed by atoms with Crippen LogP contribution in [-0.4, -0.2) is 63.9 Å². The second kappa shape index (κ2) is 5.13. The number of fused-ring (bicyclic) bond motifs is 1. The number of thioether (sulfide) groups is 1. The Bertz CT molecular complexity index is 481. The maximum atomic E-state index is 12.8. The van der Waals surface area contributed by atoms with Crippen LogP contribution in [0.5, 0.6) is 0 Å². The summed E-state index contributed by atoms with van der Waals surface area (Å²) in [6, 6.07) is -0.905. The minimum atomic E-state index is -4.52. The number of hydrogen-bond acceptors (Lipinski definition) is 6. The van der Waals surface area contributed by atoms with E-state index in [9.17, 15) is 23.1 Å². The Labute approximate surface area is 123 Å². The van der Waals surface area contributed by atoms with E-state index in [1.165, 1.54) is 11.8 Å². The molecule has 0 amide bonds. The van der Waals surface area contributed by atoms with Gasteiger partial charge in [-0.1, -0.05) is 18.7 Å². The molecule has 0 spiro atoms. The van der Waals surface area contributed by atoms with Crippen molar-refractivity contribution in [3.8, 4) is 0 Å². The van der Waals surface area contributed by atoms with E-state index in [0.29, 0.717) is 5.17 Å². The van der Waals surface area contributed by atoms with E-state index in [1.807, 2.05) is 4.90 Å². The molecular formula is C12H15F3N2O3S. The van der Waals surface area contributed by atoms with Crippen molar-refractivity contribution in [3.63, 3.8) is 0 Å². The molecule has 0 aromatic carbocycles. The van der Waals surface area contributed by atoms with Crippen molar-refractivity contribution in [1.82, 2.24) is 4.90 Å². The van der Waals surface area contributed by atoms with Gasteiger partial charge in [-0.25, -0.2) is 4.99 Å². The van der Waals surface area contributed by atoms with Crippen LogP contribution in [0.15, 0.2) is 4.99 Å². The number of aliphatic hydroxyl groups excluding tert-OH is 1. The number of hydrogen-bond donors (Lipinski definition) is 1. The summed E-state index contributed by atoms with van der Waals surface area (Å²) >= 11 is 1.17. The number of Topliss-reactive ketones (excluding diaryl/α,β-unsaturated/α-hetero) is 1. The second-order valence-corrected chi connectivity index (χ2v) is 6.53. The molecule has 0 saturated carbocycles. The minimum absolute atomic E-state index is 0.622. The lowest BCUT2D eigenvalue weighted by Gasteiger charge is -2.37. The SMILES string of the molecule is C[C@@H]([C@H]1O[C@@H]2SC(N3CCC3)=N[C@@H]2C(=O)[C@@H]1O)C(F)(F)F. The number of alkyl halides is 3. The molecule has 1 N–H and O–H groups in total. The van der Waals surface area contributed by atoms with E-state index < -0.39 is 41.6 Å². The van der Waals surface area contributed by atoms with E-state index in [-0.39, 0.29) is 0 Å². The third kappa shape index (κ3) is 2.55. The summed E-state index contributed by atoms with van der Waals surface area (Å²) in [5, 5.41) is 10.5. The van der Waals surface area contributed by atoms with Gasteiger partial charge in [-0.05, 0) is 6.42 Å². The Morgan fingerprint density at radius 3 is 2.67 bits per heavy atom. The van der Waals surface area contributed by atoms with Crippen LogP contribution in [0.2, 0.25) is 0 Å². The highest BCUT2D eigenvalue weighted by Crippen LogP contribution is 2.41. The lowest BCUT2D eigenvalue weighted by Crippen LogP contribution is -2.56. The average Bonchev–Trinajstić information content (AvgIpc) is 2.73. The molecule has 3 rings (SSSR count). The highest BCUT2D eigenvalue weighted by atomic mass is 32.2. The van der Waals surface area contributed by atoms with Crippen molar-refractivity contribution >= 4 is 22.7 Å². The summed E-state index contributed by atoms with van der Waals surface area (Å²) in [6.07, 6.45) is -6.86. The number of rotatable bonds is 1. The lowest BCUT2D eigenvalue weighted by molar-refractivity contribution is -0.225. The molecule has 3 aliphatic rings. The van der Waals surface area contributed by atoms with Crippen molar-refractivity contribution in [1.29, 1.82) is 0 Å². The summed E-state index contributed by atoms with van der Waals surface area (Å²) in [5.74, 6) is -2.60. The molecule has 118 valence electrons. The first-order valence-corrected chi connectivity index (χ1v) is 7.60. The van der Waals surface area contributed by atoms with E-state index in [4.69, 9.17) is 4.74 Å². The van der Waals surface area contributed by atoms with Gasteiger partial charge in [0.15, 0.2) is 11.0 Å². The van der Waals surface area contributed by atoms with Crippen LogP contribution in [0.25, 0.3) is 0 Å². The van der Waals surface area contributed by atoms with Crippen LogP contribution < -0.4 is 0 Å². The maximum Gasteiger partial charge on any atom is 0.394 e. The van der Waals surface area contributed by atoms with Gasteiger partial charge in [0.2, 0.25) is 0 Å². The average molecular weight is 324 g/mol. The van der Waals surface area contributed by atoms with Crippen LogP contribution in [0.3, 0.4) is 0 Å². The standard InChI is InChI=1S/C12H15F3N2O3S/c1-5(12(13,14)15)9-8(19)7(18)6-10(20-9)21-11(16-6)17-3-2-4-17/h5-6,8-10,19H,2-4H2,1H3/t5-,6+,8-,9+,10+/m0/s1. The van der Waals surface area contributed by atoms with Crippen molar-refractivity contribution in [2.45, 2.75) is 43.2 Å². The van der Waals surface area contributed by atoms with Gasteiger partial charge < -0.3 is 14.7 Å². The van der Waals surface area contributed by atoms with E-state index in [2.05, 4.69) is 4.99 Å². The normalized spacial score (nSPS) is 37.9. The number of carbonyl (C=O) groups excluding carboxylic acids is 1. The van der Waals surface area contributed by atoms with Gasteiger partial charge >= 0.3 is 6.18 Å². The molecule has 0 aromatic rings. The van der Waals surface area contributed by atoms with Gasteiger partial charge in [-0.3, -0.25) is 4.79 Å². The zero-order chi connectivity index (χ0) is 15.4. The highest BCUT2D eigenvalue weighted by Gasteiger charge is 2.55. The summed E-state index contributed by atoms with van der Waals surface area (Å²) in [7, 11) is 0. The molecule has 0 radical (unpaired) electrons. The van der Waals surface area contributed by atoms with Crippen LogP contribution in [0, 0.1) is 5.92 Å². The Morgan fingerprint density at radius 1 is 1.48 bits per heavy atom. The molecular weight excluding hydrogens is 309 g/mol. The van der Waals surface area contributed by atoms with Gasteiger partial charge in [0.05, 0.1) is 5.92 Å². The molecule has 9 heteroatoms. The third-order valence-electron chi connectivity index (χ3n) is 4.05. The van der Waals surface area contributed by atoms with Crippen molar-refractivity contribution in [3.05, 3.63) is 0 Å². The van der Waals surface area contributed by atoms with Crippen LogP contribution in [-0.2, 0) is 9.53 Å². The molecule has 0 unspecified atom stereocenters. The Balaban J connectivity index is 1.76. The number of ether oxygens (including phenoxy) is 1. The van der Waals surface area contributed by atoms with Gasteiger partial charge in [0.1, 0.15) is 23.7 Å². The quantitative estimate of drug-likeness (QED) is 0.780. The fourth-order valence-electron chi connectivity index (χ4n) is 2.49. The first-order chi connectivity index (χ1) is 9.79. The van der Waals surface area contributed by atoms with Gasteiger partial charge in [0, 0.05) is 13.1 Å². The number of amidine groups is 1. The van der Waals surface area contributed by atoms with Crippen molar-refractivity contribution in [2.75, 3.05) is 13.1 Å². The van der Waals surface area contributed by atoms with Crippen molar-refractivity contribution < 1.29 is 27.8 Å². The molecule has 2 fully saturated rings. The molecule has 0 aromatic heterocycles. The monoisotopic (exact) mass is 324 g/mol. The maximum absolute atomic E-state index is 12.8. The van der Waals surface area contributed by atoms with Gasteiger partial charge in [-0.15, -0.1) is 0 Å². The van der Waals surface area contributed by atoms with Crippen LogP contribution in [0.4, 0.5) is 13.2 Å². The topological polar surface area (TPSA) is 62.1 Å². The Morgan fingerprint density at radius 2 is 2.14 bits per heavy atom. The van der Waals surface area contributed by atoms with E-state index in [1.54, 1.807) is 0 Å². The summed E-state index contributed by atoms with van der Waals surface area (Å²) in [4.78, 5) is 18.2. The smallest absolute Gasteiger partial charge is 0.382 e. The summed E-state index contributed by atoms with van der Waals surface area (Å²) < 4.78 is 43.8. The van der Waals surface area contributed by atoms with Gasteiger partial charge in [-0.2, -0.15) is 13.2 Å². The number of aliphatic imine (C=N–C) groups is 1. The van der Waals surface area contributed by atoms with Crippen LogP contribution in [0.1, 0.15) is 13.3 Å². The summed E-state index contributed by atoms with van der Waals surface area (Å²) in [6.45, 7) is 2.56. The zero-order valence-corrected chi connectivity index (χ0v) is 12.0. The number of halogens is 3. The Hall–Kier alpha value is -0.800. The second-order valence-electron chi connectivity index (χ2n) is 5.46. The molecule has 0 aliphatic carbocycles. The minimum Gasteiger partial charge on any atom is -0.382 e. The first-order valence-electron chi connectivity index (χ1n) is 6.72. The number of aliphatic hydroxyl groups is 1. The molecule has 3 heterocycles.